The SMILES string of the molecule is c1ccc(-c2nc(-c3ccccc3)nc(-c3cccc4cccc(-c5ccc(-c6ccncc6)cc5)c34)n2)cc1. The van der Waals surface area contributed by atoms with Crippen molar-refractivity contribution in [3.05, 3.63) is 146 Å². The van der Waals surface area contributed by atoms with E-state index in [9.17, 15) is 0 Å². The maximum atomic E-state index is 5.01. The smallest absolute Gasteiger partial charge is 0.164 e. The lowest BCUT2D eigenvalue weighted by atomic mass is 9.93. The molecule has 188 valence electrons. The molecule has 0 bridgehead atoms. The summed E-state index contributed by atoms with van der Waals surface area (Å²) in [5, 5.41) is 2.25. The van der Waals surface area contributed by atoms with Gasteiger partial charge in [0.1, 0.15) is 0 Å². The zero-order valence-electron chi connectivity index (χ0n) is 21.6. The second-order valence-electron chi connectivity index (χ2n) is 9.56. The predicted octanol–water partition coefficient (Wildman–Crippen LogP) is 8.75. The van der Waals surface area contributed by atoms with E-state index >= 15 is 0 Å². The number of nitrogens with zero attached hydrogens (tertiary/aromatic N) is 4. The van der Waals surface area contributed by atoms with Gasteiger partial charge in [-0.05, 0) is 39.8 Å². The van der Waals surface area contributed by atoms with Crippen molar-refractivity contribution in [1.82, 2.24) is 19.9 Å². The number of fused-ring (bicyclic) bond motifs is 1. The highest BCUT2D eigenvalue weighted by Crippen LogP contribution is 2.37. The van der Waals surface area contributed by atoms with Gasteiger partial charge in [0.2, 0.25) is 0 Å². The molecule has 0 saturated carbocycles. The first-order valence-corrected chi connectivity index (χ1v) is 13.2. The molecule has 0 atom stereocenters. The topological polar surface area (TPSA) is 51.6 Å². The fourth-order valence-corrected chi connectivity index (χ4v) is 5.08. The predicted molar refractivity (Wildman–Crippen MR) is 162 cm³/mol. The van der Waals surface area contributed by atoms with E-state index in [4.69, 9.17) is 15.0 Å². The van der Waals surface area contributed by atoms with Crippen LogP contribution in [0.2, 0.25) is 0 Å². The maximum absolute atomic E-state index is 5.01. The summed E-state index contributed by atoms with van der Waals surface area (Å²) in [6, 6.07) is 45.7. The van der Waals surface area contributed by atoms with Crippen LogP contribution in [0.4, 0.5) is 0 Å². The summed E-state index contributed by atoms with van der Waals surface area (Å²) in [7, 11) is 0. The Morgan fingerprint density at radius 2 is 0.825 bits per heavy atom. The highest BCUT2D eigenvalue weighted by atomic mass is 15.0. The van der Waals surface area contributed by atoms with Crippen LogP contribution in [-0.2, 0) is 0 Å². The normalized spacial score (nSPS) is 11.0. The number of hydrogen-bond acceptors (Lipinski definition) is 4. The fourth-order valence-electron chi connectivity index (χ4n) is 5.08. The van der Waals surface area contributed by atoms with Gasteiger partial charge in [0.05, 0.1) is 0 Å². The van der Waals surface area contributed by atoms with Crippen LogP contribution < -0.4 is 0 Å². The summed E-state index contributed by atoms with van der Waals surface area (Å²) in [4.78, 5) is 19.0. The average molecular weight is 513 g/mol. The molecule has 4 heteroatoms. The van der Waals surface area contributed by atoms with Gasteiger partial charge < -0.3 is 0 Å². The number of hydrogen-bond donors (Lipinski definition) is 0. The van der Waals surface area contributed by atoms with Crippen molar-refractivity contribution < 1.29 is 0 Å². The van der Waals surface area contributed by atoms with Gasteiger partial charge in [-0.1, -0.05) is 121 Å². The zero-order chi connectivity index (χ0) is 26.7. The molecule has 0 aliphatic carbocycles. The van der Waals surface area contributed by atoms with Crippen LogP contribution in [0, 0.1) is 0 Å². The van der Waals surface area contributed by atoms with E-state index in [1.807, 2.05) is 85.2 Å². The summed E-state index contributed by atoms with van der Waals surface area (Å²) >= 11 is 0. The zero-order valence-corrected chi connectivity index (χ0v) is 21.6. The van der Waals surface area contributed by atoms with Gasteiger partial charge in [-0.3, -0.25) is 4.98 Å². The fraction of sp³-hybridized carbons (Fsp3) is 0. The van der Waals surface area contributed by atoms with Crippen molar-refractivity contribution in [2.24, 2.45) is 0 Å². The molecule has 0 aliphatic rings. The van der Waals surface area contributed by atoms with Crippen LogP contribution in [0.15, 0.2) is 146 Å². The van der Waals surface area contributed by atoms with Crippen molar-refractivity contribution in [3.63, 3.8) is 0 Å². The van der Waals surface area contributed by atoms with E-state index in [2.05, 4.69) is 65.6 Å². The first-order chi connectivity index (χ1) is 19.8. The van der Waals surface area contributed by atoms with Crippen LogP contribution in [0.25, 0.3) is 67.2 Å². The number of aromatic nitrogens is 4. The molecule has 0 unspecified atom stereocenters. The lowest BCUT2D eigenvalue weighted by Crippen LogP contribution is -2.00. The number of benzene rings is 5. The van der Waals surface area contributed by atoms with Crippen molar-refractivity contribution >= 4 is 10.8 Å². The van der Waals surface area contributed by atoms with E-state index in [-0.39, 0.29) is 0 Å². The minimum atomic E-state index is 0.652. The first kappa shape index (κ1) is 23.6. The Hall–Kier alpha value is -5.48. The van der Waals surface area contributed by atoms with E-state index in [0.29, 0.717) is 17.5 Å². The minimum absolute atomic E-state index is 0.652. The summed E-state index contributed by atoms with van der Waals surface area (Å²) in [5.41, 5.74) is 7.46. The van der Waals surface area contributed by atoms with E-state index in [1.54, 1.807) is 0 Å². The molecular formula is C36H24N4. The van der Waals surface area contributed by atoms with Gasteiger partial charge in [0, 0.05) is 34.5 Å². The van der Waals surface area contributed by atoms with Gasteiger partial charge in [0.25, 0.3) is 0 Å². The molecule has 7 rings (SSSR count). The summed E-state index contributed by atoms with van der Waals surface area (Å²) in [6.07, 6.45) is 3.64. The van der Waals surface area contributed by atoms with E-state index in [0.717, 1.165) is 49.7 Å². The third-order valence-corrected chi connectivity index (χ3v) is 7.05. The van der Waals surface area contributed by atoms with E-state index in [1.165, 1.54) is 0 Å². The molecule has 0 amide bonds. The van der Waals surface area contributed by atoms with Crippen LogP contribution in [-0.4, -0.2) is 19.9 Å². The van der Waals surface area contributed by atoms with Gasteiger partial charge in [0.15, 0.2) is 17.5 Å². The molecule has 0 fully saturated rings. The lowest BCUT2D eigenvalue weighted by Gasteiger charge is -2.14. The first-order valence-electron chi connectivity index (χ1n) is 13.2. The monoisotopic (exact) mass is 512 g/mol. The summed E-state index contributed by atoms with van der Waals surface area (Å²) in [6.45, 7) is 0. The number of rotatable bonds is 5. The van der Waals surface area contributed by atoms with Crippen molar-refractivity contribution in [1.29, 1.82) is 0 Å². The molecule has 0 spiro atoms. The van der Waals surface area contributed by atoms with Crippen LogP contribution in [0.3, 0.4) is 0 Å². The second-order valence-corrected chi connectivity index (χ2v) is 9.56. The molecule has 40 heavy (non-hydrogen) atoms. The maximum Gasteiger partial charge on any atom is 0.164 e. The molecule has 4 nitrogen and oxygen atoms in total. The Morgan fingerprint density at radius 1 is 0.325 bits per heavy atom. The highest BCUT2D eigenvalue weighted by Gasteiger charge is 2.16. The van der Waals surface area contributed by atoms with Gasteiger partial charge >= 0.3 is 0 Å². The number of pyridine rings is 1. The Balaban J connectivity index is 1.42. The molecule has 0 aliphatic heterocycles. The molecule has 0 N–H and O–H groups in total. The van der Waals surface area contributed by atoms with Crippen molar-refractivity contribution in [2.75, 3.05) is 0 Å². The quantitative estimate of drug-likeness (QED) is 0.231. The van der Waals surface area contributed by atoms with Gasteiger partial charge in [-0.25, -0.2) is 15.0 Å². The lowest BCUT2D eigenvalue weighted by molar-refractivity contribution is 1.08. The third kappa shape index (κ3) is 4.52. The molecule has 5 aromatic carbocycles. The molecule has 7 aromatic rings. The Kier molecular flexibility index (Phi) is 6.11. The second kappa shape index (κ2) is 10.4. The Morgan fingerprint density at radius 3 is 1.43 bits per heavy atom. The standard InChI is InChI=1S/C36H24N4/c1-3-9-29(10-4-1)34-38-35(30-11-5-2-6-12-30)40-36(39-34)32-16-8-14-28-13-7-15-31(33(28)32)27-19-17-25(18-20-27)26-21-23-37-24-22-26/h1-24H. The summed E-state index contributed by atoms with van der Waals surface area (Å²) < 4.78 is 0. The largest absolute Gasteiger partial charge is 0.265 e. The third-order valence-electron chi connectivity index (χ3n) is 7.05. The molecule has 2 aromatic heterocycles. The molecular weight excluding hydrogens is 488 g/mol. The summed E-state index contributed by atoms with van der Waals surface area (Å²) in [5.74, 6) is 1.96. The Bertz CT molecular complexity index is 1860. The molecule has 0 saturated heterocycles. The van der Waals surface area contributed by atoms with Crippen LogP contribution in [0.5, 0.6) is 0 Å². The van der Waals surface area contributed by atoms with Crippen LogP contribution >= 0.6 is 0 Å². The highest BCUT2D eigenvalue weighted by molar-refractivity contribution is 6.05. The van der Waals surface area contributed by atoms with E-state index < -0.39 is 0 Å². The Labute approximate surface area is 232 Å². The van der Waals surface area contributed by atoms with Crippen molar-refractivity contribution in [2.45, 2.75) is 0 Å². The van der Waals surface area contributed by atoms with Crippen LogP contribution in [0.1, 0.15) is 0 Å². The molecule has 2 heterocycles. The minimum Gasteiger partial charge on any atom is -0.265 e. The average Bonchev–Trinajstić information content (AvgIpc) is 3.05. The van der Waals surface area contributed by atoms with Crippen molar-refractivity contribution in [3.8, 4) is 56.4 Å². The molecule has 0 radical (unpaired) electrons. The van der Waals surface area contributed by atoms with Gasteiger partial charge in [-0.2, -0.15) is 0 Å². The van der Waals surface area contributed by atoms with Gasteiger partial charge in [-0.15, -0.1) is 0 Å².